The third-order valence-electron chi connectivity index (χ3n) is 3.55. The van der Waals surface area contributed by atoms with E-state index < -0.39 is 9.84 Å². The highest BCUT2D eigenvalue weighted by molar-refractivity contribution is 7.89. The first kappa shape index (κ1) is 19.8. The van der Waals surface area contributed by atoms with Gasteiger partial charge in [-0.25, -0.2) is 13.4 Å². The lowest BCUT2D eigenvalue weighted by atomic mass is 10.1. The van der Waals surface area contributed by atoms with Crippen LogP contribution in [0.4, 0.5) is 5.13 Å². The minimum absolute atomic E-state index is 0.122. The summed E-state index contributed by atoms with van der Waals surface area (Å²) in [6.45, 7) is 0. The van der Waals surface area contributed by atoms with Crippen LogP contribution < -0.4 is 5.32 Å². The Morgan fingerprint density at radius 2 is 1.96 bits per heavy atom. The van der Waals surface area contributed by atoms with Crippen LogP contribution in [0.15, 0.2) is 47.8 Å². The number of rotatable bonds is 5. The van der Waals surface area contributed by atoms with Crippen molar-refractivity contribution in [2.24, 2.45) is 0 Å². The topological polar surface area (TPSA) is 76.1 Å². The summed E-state index contributed by atoms with van der Waals surface area (Å²) < 4.78 is 22.9. The molecule has 2 aromatic carbocycles. The van der Waals surface area contributed by atoms with Crippen LogP contribution in [0.3, 0.4) is 0 Å². The van der Waals surface area contributed by atoms with Crippen molar-refractivity contribution in [3.63, 3.8) is 0 Å². The Morgan fingerprint density at radius 1 is 1.19 bits per heavy atom. The lowest BCUT2D eigenvalue weighted by Gasteiger charge is -2.05. The summed E-state index contributed by atoms with van der Waals surface area (Å²) in [6.07, 6.45) is 1.15. The zero-order chi connectivity index (χ0) is 19.6. The van der Waals surface area contributed by atoms with Crippen molar-refractivity contribution < 1.29 is 13.2 Å². The van der Waals surface area contributed by atoms with E-state index in [-0.39, 0.29) is 11.7 Å². The van der Waals surface area contributed by atoms with E-state index in [1.807, 2.05) is 0 Å². The fourth-order valence-corrected chi connectivity index (χ4v) is 4.30. The van der Waals surface area contributed by atoms with Crippen LogP contribution in [0.2, 0.25) is 10.0 Å². The zero-order valence-electron chi connectivity index (χ0n) is 14.1. The Labute approximate surface area is 170 Å². The van der Waals surface area contributed by atoms with Gasteiger partial charge in [-0.15, -0.1) is 11.3 Å². The molecule has 0 saturated heterocycles. The highest BCUT2D eigenvalue weighted by atomic mass is 35.5. The molecule has 9 heteroatoms. The Bertz CT molecular complexity index is 1110. The molecule has 27 heavy (non-hydrogen) atoms. The van der Waals surface area contributed by atoms with Crippen molar-refractivity contribution in [3.05, 3.63) is 69.0 Å². The number of hydrogen-bond acceptors (Lipinski definition) is 5. The molecule has 0 fully saturated rings. The molecule has 0 unspecified atom stereocenters. The number of nitrogens with one attached hydrogen (secondary N) is 1. The minimum Gasteiger partial charge on any atom is -0.298 e. The van der Waals surface area contributed by atoms with E-state index in [4.69, 9.17) is 23.2 Å². The van der Waals surface area contributed by atoms with Gasteiger partial charge in [0.05, 0.1) is 16.5 Å². The third-order valence-corrected chi connectivity index (χ3v) is 5.73. The van der Waals surface area contributed by atoms with Gasteiger partial charge in [-0.1, -0.05) is 35.3 Å². The average molecular weight is 441 g/mol. The Balaban J connectivity index is 1.79. The van der Waals surface area contributed by atoms with Crippen LogP contribution in [0, 0.1) is 0 Å². The molecule has 1 heterocycles. The van der Waals surface area contributed by atoms with Gasteiger partial charge in [-0.2, -0.15) is 0 Å². The van der Waals surface area contributed by atoms with Crippen molar-refractivity contribution in [3.8, 4) is 11.3 Å². The highest BCUT2D eigenvalue weighted by Gasteiger charge is 2.13. The Morgan fingerprint density at radius 3 is 2.70 bits per heavy atom. The maximum atomic E-state index is 12.5. The first-order valence-electron chi connectivity index (χ1n) is 7.70. The average Bonchev–Trinajstić information content (AvgIpc) is 3.04. The lowest BCUT2D eigenvalue weighted by Crippen LogP contribution is -2.12. The van der Waals surface area contributed by atoms with Gasteiger partial charge in [-0.05, 0) is 35.9 Å². The molecule has 0 atom stereocenters. The maximum Gasteiger partial charge on any atom is 0.257 e. The fourth-order valence-electron chi connectivity index (χ4n) is 2.42. The molecular formula is C18H14Cl2N2O3S2. The van der Waals surface area contributed by atoms with E-state index in [1.54, 1.807) is 47.8 Å². The van der Waals surface area contributed by atoms with Gasteiger partial charge in [0, 0.05) is 27.8 Å². The largest absolute Gasteiger partial charge is 0.298 e. The summed E-state index contributed by atoms with van der Waals surface area (Å²) in [6, 6.07) is 11.6. The minimum atomic E-state index is -3.18. The van der Waals surface area contributed by atoms with E-state index in [2.05, 4.69) is 10.3 Å². The summed E-state index contributed by atoms with van der Waals surface area (Å²) in [5.41, 5.74) is 2.19. The second-order valence-corrected chi connectivity index (χ2v) is 9.73. The molecule has 140 valence electrons. The summed E-state index contributed by atoms with van der Waals surface area (Å²) >= 11 is 13.4. The number of sulfone groups is 1. The van der Waals surface area contributed by atoms with Crippen LogP contribution in [-0.4, -0.2) is 25.6 Å². The number of amides is 1. The Kier molecular flexibility index (Phi) is 5.86. The van der Waals surface area contributed by atoms with E-state index in [0.29, 0.717) is 37.6 Å². The number of benzene rings is 2. The molecule has 0 aliphatic rings. The summed E-state index contributed by atoms with van der Waals surface area (Å²) in [5, 5.41) is 5.94. The second kappa shape index (κ2) is 7.98. The number of carbonyl (C=O) groups excluding carboxylic acids is 1. The zero-order valence-corrected chi connectivity index (χ0v) is 17.2. The van der Waals surface area contributed by atoms with Crippen molar-refractivity contribution >= 4 is 55.4 Å². The van der Waals surface area contributed by atoms with E-state index in [1.165, 1.54) is 11.3 Å². The number of thiazole rings is 1. The number of aromatic nitrogens is 1. The van der Waals surface area contributed by atoms with Crippen LogP contribution in [0.1, 0.15) is 15.9 Å². The molecule has 0 aliphatic heterocycles. The predicted molar refractivity (Wildman–Crippen MR) is 111 cm³/mol. The SMILES string of the molecule is CS(=O)(=O)Cc1cccc(C(=O)Nc2nc(-c3cc(Cl)ccc3Cl)cs2)c1. The fraction of sp³-hybridized carbons (Fsp3) is 0.111. The molecule has 3 aromatic rings. The molecule has 1 amide bonds. The molecule has 0 aliphatic carbocycles. The van der Waals surface area contributed by atoms with Crippen LogP contribution >= 0.6 is 34.5 Å². The number of halogens is 2. The van der Waals surface area contributed by atoms with Gasteiger partial charge in [0.15, 0.2) is 15.0 Å². The normalized spacial score (nSPS) is 11.4. The number of nitrogens with zero attached hydrogens (tertiary/aromatic N) is 1. The van der Waals surface area contributed by atoms with Gasteiger partial charge in [0.25, 0.3) is 5.91 Å². The monoisotopic (exact) mass is 440 g/mol. The predicted octanol–water partition coefficient (Wildman–Crippen LogP) is 4.91. The Hall–Kier alpha value is -1.93. The number of anilines is 1. The van der Waals surface area contributed by atoms with Crippen LogP contribution in [-0.2, 0) is 15.6 Å². The lowest BCUT2D eigenvalue weighted by molar-refractivity contribution is 0.102. The van der Waals surface area contributed by atoms with E-state index in [9.17, 15) is 13.2 Å². The van der Waals surface area contributed by atoms with Crippen molar-refractivity contribution in [2.75, 3.05) is 11.6 Å². The molecule has 0 spiro atoms. The second-order valence-electron chi connectivity index (χ2n) is 5.89. The van der Waals surface area contributed by atoms with Crippen molar-refractivity contribution in [1.29, 1.82) is 0 Å². The van der Waals surface area contributed by atoms with Gasteiger partial charge in [0.2, 0.25) is 0 Å². The molecule has 0 bridgehead atoms. The molecule has 0 radical (unpaired) electrons. The first-order valence-corrected chi connectivity index (χ1v) is 11.4. The number of carbonyl (C=O) groups is 1. The molecule has 5 nitrogen and oxygen atoms in total. The van der Waals surface area contributed by atoms with Crippen molar-refractivity contribution in [1.82, 2.24) is 4.98 Å². The van der Waals surface area contributed by atoms with Gasteiger partial charge in [0.1, 0.15) is 0 Å². The molecule has 1 aromatic heterocycles. The van der Waals surface area contributed by atoms with Crippen LogP contribution in [0.5, 0.6) is 0 Å². The van der Waals surface area contributed by atoms with E-state index >= 15 is 0 Å². The quantitative estimate of drug-likeness (QED) is 0.610. The molecule has 3 rings (SSSR count). The molecule has 0 saturated carbocycles. The maximum absolute atomic E-state index is 12.5. The summed E-state index contributed by atoms with van der Waals surface area (Å²) in [5.74, 6) is -0.494. The standard InChI is InChI=1S/C18H14Cl2N2O3S2/c1-27(24,25)10-11-3-2-4-12(7-11)17(23)22-18-21-16(9-26-18)14-8-13(19)5-6-15(14)20/h2-9H,10H2,1H3,(H,21,22,23). The van der Waals surface area contributed by atoms with Gasteiger partial charge in [-0.3, -0.25) is 10.1 Å². The highest BCUT2D eigenvalue weighted by Crippen LogP contribution is 2.32. The van der Waals surface area contributed by atoms with Gasteiger partial charge < -0.3 is 0 Å². The molecular weight excluding hydrogens is 427 g/mol. The smallest absolute Gasteiger partial charge is 0.257 e. The summed E-state index contributed by atoms with van der Waals surface area (Å²) in [4.78, 5) is 16.8. The summed E-state index contributed by atoms with van der Waals surface area (Å²) in [7, 11) is -3.18. The third kappa shape index (κ3) is 5.29. The van der Waals surface area contributed by atoms with Crippen molar-refractivity contribution in [2.45, 2.75) is 5.75 Å². The number of hydrogen-bond donors (Lipinski definition) is 1. The first-order chi connectivity index (χ1) is 12.7. The van der Waals surface area contributed by atoms with Gasteiger partial charge >= 0.3 is 0 Å². The van der Waals surface area contributed by atoms with Crippen LogP contribution in [0.25, 0.3) is 11.3 Å². The molecule has 1 N–H and O–H groups in total. The van der Waals surface area contributed by atoms with E-state index in [0.717, 1.165) is 6.26 Å².